The van der Waals surface area contributed by atoms with Crippen LogP contribution in [0.15, 0.2) is 28.5 Å². The number of hydrogen-bond donors (Lipinski definition) is 0. The smallest absolute Gasteiger partial charge is 0.301 e. The van der Waals surface area contributed by atoms with Crippen molar-refractivity contribution in [1.82, 2.24) is 19.7 Å². The second-order valence-corrected chi connectivity index (χ2v) is 4.56. The summed E-state index contributed by atoms with van der Waals surface area (Å²) in [6.07, 6.45) is -3.58. The van der Waals surface area contributed by atoms with Gasteiger partial charge in [0.05, 0.1) is 4.92 Å². The number of nitrogens with zero attached hydrogens (tertiary/aromatic N) is 5. The van der Waals surface area contributed by atoms with E-state index < -0.39 is 16.9 Å². The third-order valence-corrected chi connectivity index (χ3v) is 3.20. The van der Waals surface area contributed by atoms with Crippen LogP contribution >= 0.6 is 11.8 Å². The average molecular weight is 305 g/mol. The Balaban J connectivity index is 2.22. The van der Waals surface area contributed by atoms with Gasteiger partial charge in [-0.2, -0.15) is 13.2 Å². The number of alkyl halides is 3. The molecule has 0 unspecified atom stereocenters. The zero-order chi connectivity index (χ0) is 14.9. The van der Waals surface area contributed by atoms with Crippen molar-refractivity contribution in [2.75, 3.05) is 0 Å². The number of halogens is 3. The molecular formula is C9H6F3N5O2S. The molecule has 2 aromatic rings. The molecule has 0 aliphatic heterocycles. The van der Waals surface area contributed by atoms with E-state index in [1.807, 2.05) is 0 Å². The highest BCUT2D eigenvalue weighted by molar-refractivity contribution is 7.99. The van der Waals surface area contributed by atoms with Crippen molar-refractivity contribution in [2.45, 2.75) is 16.4 Å². The zero-order valence-electron chi connectivity index (χ0n) is 9.83. The molecule has 7 nitrogen and oxygen atoms in total. The van der Waals surface area contributed by atoms with Crippen LogP contribution in [-0.2, 0) is 13.2 Å². The summed E-state index contributed by atoms with van der Waals surface area (Å²) in [6.45, 7) is 0. The molecule has 0 N–H and O–H groups in total. The summed E-state index contributed by atoms with van der Waals surface area (Å²) in [4.78, 5) is 13.6. The minimum Gasteiger partial charge on any atom is -0.301 e. The molecular weight excluding hydrogens is 299 g/mol. The molecule has 2 rings (SSSR count). The van der Waals surface area contributed by atoms with E-state index in [1.54, 1.807) is 0 Å². The van der Waals surface area contributed by atoms with Gasteiger partial charge in [0.15, 0.2) is 5.16 Å². The molecule has 0 aliphatic carbocycles. The molecule has 0 aliphatic rings. The molecule has 0 fully saturated rings. The van der Waals surface area contributed by atoms with Crippen molar-refractivity contribution >= 4 is 17.4 Å². The second kappa shape index (κ2) is 5.07. The molecule has 0 aromatic carbocycles. The third kappa shape index (κ3) is 2.87. The highest BCUT2D eigenvalue weighted by atomic mass is 32.2. The Kier molecular flexibility index (Phi) is 3.61. The first-order valence-electron chi connectivity index (χ1n) is 5.04. The molecule has 0 bridgehead atoms. The number of rotatable bonds is 3. The first-order valence-corrected chi connectivity index (χ1v) is 5.85. The van der Waals surface area contributed by atoms with Crippen molar-refractivity contribution in [3.8, 4) is 0 Å². The van der Waals surface area contributed by atoms with Crippen molar-refractivity contribution in [2.24, 2.45) is 7.05 Å². The van der Waals surface area contributed by atoms with E-state index in [-0.39, 0.29) is 15.9 Å². The Hall–Kier alpha value is -2.17. The van der Waals surface area contributed by atoms with Gasteiger partial charge in [0.1, 0.15) is 11.2 Å². The van der Waals surface area contributed by atoms with Gasteiger partial charge in [-0.25, -0.2) is 4.98 Å². The summed E-state index contributed by atoms with van der Waals surface area (Å²) in [6, 6.07) is 2.53. The molecule has 0 spiro atoms. The molecule has 0 radical (unpaired) electrons. The van der Waals surface area contributed by atoms with Crippen LogP contribution in [0.25, 0.3) is 0 Å². The van der Waals surface area contributed by atoms with Gasteiger partial charge in [-0.05, 0) is 17.8 Å². The Morgan fingerprint density at radius 2 is 2.05 bits per heavy atom. The van der Waals surface area contributed by atoms with Crippen LogP contribution in [0.4, 0.5) is 18.9 Å². The standard InChI is InChI=1S/C9H6F3N5O2S/c1-16-7(9(10,11)12)14-15-8(16)20-6-3-2-5(4-13-6)17(18)19/h2-4H,1H3. The summed E-state index contributed by atoms with van der Waals surface area (Å²) in [7, 11) is 1.18. The van der Waals surface area contributed by atoms with Crippen molar-refractivity contribution in [3.63, 3.8) is 0 Å². The molecule has 0 saturated heterocycles. The van der Waals surface area contributed by atoms with Crippen LogP contribution in [-0.4, -0.2) is 24.7 Å². The minimum atomic E-state index is -4.59. The Morgan fingerprint density at radius 1 is 1.35 bits per heavy atom. The number of pyridine rings is 1. The predicted molar refractivity (Wildman–Crippen MR) is 61.0 cm³/mol. The fourth-order valence-electron chi connectivity index (χ4n) is 1.29. The van der Waals surface area contributed by atoms with Gasteiger partial charge in [-0.15, -0.1) is 10.2 Å². The SMILES string of the molecule is Cn1c(Sc2ccc([N+](=O)[O-])cn2)nnc1C(F)(F)F. The molecule has 20 heavy (non-hydrogen) atoms. The van der Waals surface area contributed by atoms with E-state index in [9.17, 15) is 23.3 Å². The maximum Gasteiger partial charge on any atom is 0.451 e. The number of nitro groups is 1. The maximum absolute atomic E-state index is 12.5. The Labute approximate surface area is 114 Å². The first kappa shape index (κ1) is 14.2. The largest absolute Gasteiger partial charge is 0.451 e. The molecule has 0 saturated carbocycles. The lowest BCUT2D eigenvalue weighted by Crippen LogP contribution is -2.12. The van der Waals surface area contributed by atoms with Crippen molar-refractivity contribution < 1.29 is 18.1 Å². The summed E-state index contributed by atoms with van der Waals surface area (Å²) in [5, 5.41) is 17.2. The molecule has 106 valence electrons. The summed E-state index contributed by atoms with van der Waals surface area (Å²) >= 11 is 0.827. The quantitative estimate of drug-likeness (QED) is 0.638. The summed E-state index contributed by atoms with van der Waals surface area (Å²) < 4.78 is 38.3. The third-order valence-electron chi connectivity index (χ3n) is 2.22. The van der Waals surface area contributed by atoms with Crippen LogP contribution in [0.5, 0.6) is 0 Å². The van der Waals surface area contributed by atoms with E-state index in [0.717, 1.165) is 22.5 Å². The monoisotopic (exact) mass is 305 g/mol. The van der Waals surface area contributed by atoms with E-state index in [2.05, 4.69) is 15.2 Å². The van der Waals surface area contributed by atoms with E-state index in [1.165, 1.54) is 19.2 Å². The van der Waals surface area contributed by atoms with Crippen molar-refractivity contribution in [3.05, 3.63) is 34.3 Å². The lowest BCUT2D eigenvalue weighted by molar-refractivity contribution is -0.385. The van der Waals surface area contributed by atoms with Crippen molar-refractivity contribution in [1.29, 1.82) is 0 Å². The van der Waals surface area contributed by atoms with E-state index in [4.69, 9.17) is 0 Å². The summed E-state index contributed by atoms with van der Waals surface area (Å²) in [5.74, 6) is -1.12. The molecule has 2 aromatic heterocycles. The first-order chi connectivity index (χ1) is 9.29. The Bertz CT molecular complexity index is 640. The van der Waals surface area contributed by atoms with Crippen LogP contribution in [0.2, 0.25) is 0 Å². The predicted octanol–water partition coefficient (Wildman–Crippen LogP) is 2.29. The van der Waals surface area contributed by atoms with Gasteiger partial charge < -0.3 is 4.57 Å². The second-order valence-electron chi connectivity index (χ2n) is 3.58. The van der Waals surface area contributed by atoms with Gasteiger partial charge in [-0.1, -0.05) is 0 Å². The lowest BCUT2D eigenvalue weighted by atomic mass is 10.4. The number of hydrogen-bond acceptors (Lipinski definition) is 6. The van der Waals surface area contributed by atoms with Gasteiger partial charge in [-0.3, -0.25) is 10.1 Å². The van der Waals surface area contributed by atoms with Gasteiger partial charge in [0.2, 0.25) is 5.82 Å². The molecule has 2 heterocycles. The minimum absolute atomic E-state index is 0.0151. The van der Waals surface area contributed by atoms with Gasteiger partial charge >= 0.3 is 6.18 Å². The highest BCUT2D eigenvalue weighted by Crippen LogP contribution is 2.31. The average Bonchev–Trinajstić information content (AvgIpc) is 2.71. The maximum atomic E-state index is 12.5. The lowest BCUT2D eigenvalue weighted by Gasteiger charge is -2.05. The zero-order valence-corrected chi connectivity index (χ0v) is 10.6. The van der Waals surface area contributed by atoms with Crippen LogP contribution in [0.1, 0.15) is 5.82 Å². The van der Waals surface area contributed by atoms with Crippen LogP contribution < -0.4 is 0 Å². The van der Waals surface area contributed by atoms with Gasteiger partial charge in [0.25, 0.3) is 5.69 Å². The fourth-order valence-corrected chi connectivity index (χ4v) is 2.02. The topological polar surface area (TPSA) is 86.7 Å². The van der Waals surface area contributed by atoms with E-state index in [0.29, 0.717) is 0 Å². The number of aromatic nitrogens is 4. The summed E-state index contributed by atoms with van der Waals surface area (Å²) in [5.41, 5.74) is -0.205. The molecule has 11 heteroatoms. The van der Waals surface area contributed by atoms with Gasteiger partial charge in [0, 0.05) is 13.1 Å². The normalized spacial score (nSPS) is 11.6. The fraction of sp³-hybridized carbons (Fsp3) is 0.222. The van der Waals surface area contributed by atoms with Crippen LogP contribution in [0.3, 0.4) is 0 Å². The highest BCUT2D eigenvalue weighted by Gasteiger charge is 2.37. The molecule has 0 amide bonds. The Morgan fingerprint density at radius 3 is 2.50 bits per heavy atom. The molecule has 0 atom stereocenters. The van der Waals surface area contributed by atoms with Crippen LogP contribution in [0, 0.1) is 10.1 Å². The van der Waals surface area contributed by atoms with E-state index >= 15 is 0 Å².